The predicted molar refractivity (Wildman–Crippen MR) is 98.8 cm³/mol. The molecule has 0 amide bonds. The van der Waals surface area contributed by atoms with Crippen molar-refractivity contribution in [3.63, 3.8) is 0 Å². The Balaban J connectivity index is 2.43. The summed E-state index contributed by atoms with van der Waals surface area (Å²) in [5.74, 6) is -1.62. The molecule has 2 heterocycles. The van der Waals surface area contributed by atoms with E-state index in [1.807, 2.05) is 0 Å². The molecule has 0 unspecified atom stereocenters. The lowest BCUT2D eigenvalue weighted by Crippen LogP contribution is -2.10. The highest BCUT2D eigenvalue weighted by molar-refractivity contribution is 6.18. The SMILES string of the molecule is CCOC(=O)c1cc2cc(OC)c3nc(C(=O)OC)cc(C(=O)OC)c3c2[nH]1. The molecule has 3 aromatic rings. The summed E-state index contributed by atoms with van der Waals surface area (Å²) in [7, 11) is 3.87. The zero-order chi connectivity index (χ0) is 20.4. The maximum Gasteiger partial charge on any atom is 0.356 e. The van der Waals surface area contributed by atoms with Gasteiger partial charge in [0.05, 0.1) is 39.0 Å². The Morgan fingerprint density at radius 3 is 2.32 bits per heavy atom. The van der Waals surface area contributed by atoms with Crippen molar-refractivity contribution >= 4 is 39.7 Å². The molecule has 9 heteroatoms. The topological polar surface area (TPSA) is 117 Å². The van der Waals surface area contributed by atoms with Gasteiger partial charge in [-0.15, -0.1) is 0 Å². The van der Waals surface area contributed by atoms with Crippen molar-refractivity contribution in [1.29, 1.82) is 0 Å². The average molecular weight is 386 g/mol. The number of rotatable bonds is 5. The van der Waals surface area contributed by atoms with Crippen LogP contribution in [-0.4, -0.2) is 55.8 Å². The van der Waals surface area contributed by atoms with Gasteiger partial charge in [0, 0.05) is 10.8 Å². The third kappa shape index (κ3) is 3.11. The number of hydrogen-bond acceptors (Lipinski definition) is 8. The highest BCUT2D eigenvalue weighted by atomic mass is 16.5. The normalized spacial score (nSPS) is 10.7. The van der Waals surface area contributed by atoms with Gasteiger partial charge in [0.1, 0.15) is 22.7 Å². The lowest BCUT2D eigenvalue weighted by molar-refractivity contribution is 0.0518. The molecule has 0 radical (unpaired) electrons. The number of methoxy groups -OCH3 is 3. The number of pyridine rings is 1. The fourth-order valence-corrected chi connectivity index (χ4v) is 2.93. The van der Waals surface area contributed by atoms with E-state index < -0.39 is 17.9 Å². The monoisotopic (exact) mass is 386 g/mol. The molecule has 0 saturated heterocycles. The summed E-state index contributed by atoms with van der Waals surface area (Å²) in [5.41, 5.74) is 0.914. The molecular formula is C19H18N2O7. The van der Waals surface area contributed by atoms with Crippen LogP contribution in [0.3, 0.4) is 0 Å². The number of aromatic amines is 1. The Kier molecular flexibility index (Phi) is 5.16. The summed E-state index contributed by atoms with van der Waals surface area (Å²) < 4.78 is 20.0. The van der Waals surface area contributed by atoms with Crippen LogP contribution in [0.25, 0.3) is 21.8 Å². The molecule has 28 heavy (non-hydrogen) atoms. The molecule has 0 saturated carbocycles. The molecule has 2 aromatic heterocycles. The van der Waals surface area contributed by atoms with Crippen LogP contribution in [0, 0.1) is 0 Å². The number of hydrogen-bond donors (Lipinski definition) is 1. The van der Waals surface area contributed by atoms with Crippen LogP contribution in [0.1, 0.15) is 38.3 Å². The largest absolute Gasteiger partial charge is 0.494 e. The number of H-pyrrole nitrogens is 1. The zero-order valence-corrected chi connectivity index (χ0v) is 15.7. The van der Waals surface area contributed by atoms with Crippen molar-refractivity contribution in [1.82, 2.24) is 9.97 Å². The summed E-state index contributed by atoms with van der Waals surface area (Å²) in [6, 6.07) is 4.51. The smallest absolute Gasteiger partial charge is 0.356 e. The third-order valence-corrected chi connectivity index (χ3v) is 4.15. The molecule has 146 valence electrons. The van der Waals surface area contributed by atoms with Crippen LogP contribution < -0.4 is 4.74 Å². The maximum absolute atomic E-state index is 12.4. The van der Waals surface area contributed by atoms with E-state index in [0.717, 1.165) is 0 Å². The van der Waals surface area contributed by atoms with Gasteiger partial charge in [-0.1, -0.05) is 0 Å². The van der Waals surface area contributed by atoms with E-state index in [4.69, 9.17) is 18.9 Å². The number of nitrogens with one attached hydrogen (secondary N) is 1. The molecule has 1 N–H and O–H groups in total. The number of ether oxygens (including phenoxy) is 4. The lowest BCUT2D eigenvalue weighted by Gasteiger charge is -2.11. The first-order valence-corrected chi connectivity index (χ1v) is 8.33. The van der Waals surface area contributed by atoms with Gasteiger partial charge in [-0.25, -0.2) is 19.4 Å². The Labute approximate surface area is 159 Å². The van der Waals surface area contributed by atoms with Crippen LogP contribution in [0.2, 0.25) is 0 Å². The Morgan fingerprint density at radius 2 is 1.71 bits per heavy atom. The Bertz CT molecular complexity index is 1100. The van der Waals surface area contributed by atoms with E-state index in [2.05, 4.69) is 9.97 Å². The van der Waals surface area contributed by atoms with Gasteiger partial charge in [-0.05, 0) is 25.1 Å². The molecule has 0 spiro atoms. The molecule has 0 aliphatic carbocycles. The number of carbonyl (C=O) groups is 3. The van der Waals surface area contributed by atoms with Crippen molar-refractivity contribution < 1.29 is 33.3 Å². The summed E-state index contributed by atoms with van der Waals surface area (Å²) in [4.78, 5) is 43.8. The van der Waals surface area contributed by atoms with Gasteiger partial charge in [-0.3, -0.25) is 0 Å². The molecule has 1 aromatic carbocycles. The number of benzene rings is 1. The zero-order valence-electron chi connectivity index (χ0n) is 15.7. The van der Waals surface area contributed by atoms with Crippen LogP contribution in [0.15, 0.2) is 18.2 Å². The second kappa shape index (κ2) is 7.55. The van der Waals surface area contributed by atoms with Crippen LogP contribution in [-0.2, 0) is 14.2 Å². The summed E-state index contributed by atoms with van der Waals surface area (Å²) in [6.07, 6.45) is 0. The van der Waals surface area contributed by atoms with E-state index in [0.29, 0.717) is 22.0 Å². The molecule has 0 aliphatic heterocycles. The molecule has 0 aliphatic rings. The van der Waals surface area contributed by atoms with Crippen LogP contribution >= 0.6 is 0 Å². The van der Waals surface area contributed by atoms with Gasteiger partial charge >= 0.3 is 17.9 Å². The first kappa shape index (κ1) is 19.2. The highest BCUT2D eigenvalue weighted by Gasteiger charge is 2.24. The van der Waals surface area contributed by atoms with Gasteiger partial charge in [0.2, 0.25) is 0 Å². The minimum Gasteiger partial charge on any atom is -0.494 e. The first-order valence-electron chi connectivity index (χ1n) is 8.33. The summed E-state index contributed by atoms with van der Waals surface area (Å²) in [5, 5.41) is 0.953. The highest BCUT2D eigenvalue weighted by Crippen LogP contribution is 2.35. The van der Waals surface area contributed by atoms with Crippen molar-refractivity contribution in [2.45, 2.75) is 6.92 Å². The van der Waals surface area contributed by atoms with Crippen molar-refractivity contribution in [3.05, 3.63) is 35.2 Å². The Hall–Kier alpha value is -3.62. The number of aromatic nitrogens is 2. The second-order valence-electron chi connectivity index (χ2n) is 5.71. The molecule has 0 atom stereocenters. The van der Waals surface area contributed by atoms with Gasteiger partial charge < -0.3 is 23.9 Å². The van der Waals surface area contributed by atoms with E-state index in [-0.39, 0.29) is 29.1 Å². The molecule has 9 nitrogen and oxygen atoms in total. The van der Waals surface area contributed by atoms with Crippen LogP contribution in [0.5, 0.6) is 5.75 Å². The molecular weight excluding hydrogens is 368 g/mol. The van der Waals surface area contributed by atoms with Crippen molar-refractivity contribution in [2.75, 3.05) is 27.9 Å². The van der Waals surface area contributed by atoms with E-state index in [1.54, 1.807) is 19.1 Å². The van der Waals surface area contributed by atoms with Crippen molar-refractivity contribution in [2.24, 2.45) is 0 Å². The predicted octanol–water partition coefficient (Wildman–Crippen LogP) is 2.47. The minimum absolute atomic E-state index is 0.0778. The fourth-order valence-electron chi connectivity index (χ4n) is 2.93. The molecule has 3 rings (SSSR count). The maximum atomic E-state index is 12.4. The number of esters is 3. The first-order chi connectivity index (χ1) is 13.4. The average Bonchev–Trinajstić information content (AvgIpc) is 3.15. The van der Waals surface area contributed by atoms with Gasteiger partial charge in [-0.2, -0.15) is 0 Å². The standard InChI is InChI=1S/C19H18N2O7/c1-5-28-19(24)11-6-9-7-13(25-2)16-14(15(9)20-11)10(17(22)26-3)8-12(21-16)18(23)27-4/h6-8,20H,5H2,1-4H3. The summed E-state index contributed by atoms with van der Waals surface area (Å²) >= 11 is 0. The fraction of sp³-hybridized carbons (Fsp3) is 0.263. The van der Waals surface area contributed by atoms with E-state index in [1.165, 1.54) is 27.4 Å². The van der Waals surface area contributed by atoms with E-state index in [9.17, 15) is 14.4 Å². The quantitative estimate of drug-likeness (QED) is 0.525. The van der Waals surface area contributed by atoms with Crippen molar-refractivity contribution in [3.8, 4) is 5.75 Å². The molecule has 0 fully saturated rings. The Morgan fingerprint density at radius 1 is 1.00 bits per heavy atom. The summed E-state index contributed by atoms with van der Waals surface area (Å²) in [6.45, 7) is 1.92. The lowest BCUT2D eigenvalue weighted by atomic mass is 10.0. The number of carbonyl (C=O) groups excluding carboxylic acids is 3. The minimum atomic E-state index is -0.715. The molecule has 0 bridgehead atoms. The van der Waals surface area contributed by atoms with Gasteiger partial charge in [0.25, 0.3) is 0 Å². The van der Waals surface area contributed by atoms with Gasteiger partial charge in [0.15, 0.2) is 0 Å². The number of nitrogens with zero attached hydrogens (tertiary/aromatic N) is 1. The van der Waals surface area contributed by atoms with Crippen LogP contribution in [0.4, 0.5) is 0 Å². The third-order valence-electron chi connectivity index (χ3n) is 4.15. The van der Waals surface area contributed by atoms with E-state index >= 15 is 0 Å². The second-order valence-corrected chi connectivity index (χ2v) is 5.71. The number of fused-ring (bicyclic) bond motifs is 3.